The number of hydrogen-bond donors (Lipinski definition) is 3. The molecule has 1 heterocycles. The number of ether oxygens (including phenoxy) is 1. The van der Waals surface area contributed by atoms with Gasteiger partial charge in [0.05, 0.1) is 23.1 Å². The fourth-order valence-corrected chi connectivity index (χ4v) is 1.96. The molecule has 0 fully saturated rings. The highest BCUT2D eigenvalue weighted by atomic mass is 16.6. The summed E-state index contributed by atoms with van der Waals surface area (Å²) in [5.41, 5.74) is 0.183. The zero-order valence-electron chi connectivity index (χ0n) is 11.1. The van der Waals surface area contributed by atoms with Crippen molar-refractivity contribution in [1.29, 1.82) is 0 Å². The Morgan fingerprint density at radius 3 is 2.95 bits per heavy atom. The Hall–Kier alpha value is -2.84. The first-order chi connectivity index (χ1) is 9.86. The molecule has 21 heavy (non-hydrogen) atoms. The predicted molar refractivity (Wildman–Crippen MR) is 72.6 cm³/mol. The monoisotopic (exact) mass is 295 g/mol. The van der Waals surface area contributed by atoms with E-state index in [1.807, 2.05) is 0 Å². The van der Waals surface area contributed by atoms with Crippen molar-refractivity contribution in [1.82, 2.24) is 0 Å². The number of benzene rings is 1. The van der Waals surface area contributed by atoms with Gasteiger partial charge in [-0.15, -0.1) is 0 Å². The van der Waals surface area contributed by atoms with E-state index < -0.39 is 16.9 Å². The number of nitro groups is 1. The highest BCUT2D eigenvalue weighted by Crippen LogP contribution is 2.38. The number of nitrogens with one attached hydrogen (secondary N) is 2. The SMILES string of the molecule is CC(CC(=O)O)Nc1cc2c(cc1[N+](=O)[O-])OCC(=O)N2. The van der Waals surface area contributed by atoms with Gasteiger partial charge < -0.3 is 20.5 Å². The summed E-state index contributed by atoms with van der Waals surface area (Å²) in [6, 6.07) is 2.05. The fraction of sp³-hybridized carbons (Fsp3) is 0.333. The second kappa shape index (κ2) is 5.65. The van der Waals surface area contributed by atoms with E-state index in [0.29, 0.717) is 5.69 Å². The average Bonchev–Trinajstić information content (AvgIpc) is 2.36. The number of carbonyl (C=O) groups excluding carboxylic acids is 1. The summed E-state index contributed by atoms with van der Waals surface area (Å²) < 4.78 is 5.11. The van der Waals surface area contributed by atoms with E-state index in [2.05, 4.69) is 10.6 Å². The molecular weight excluding hydrogens is 282 g/mol. The molecule has 0 aliphatic carbocycles. The number of nitrogens with zero attached hydrogens (tertiary/aromatic N) is 1. The van der Waals surface area contributed by atoms with E-state index in [-0.39, 0.29) is 36.1 Å². The predicted octanol–water partition coefficient (Wildman–Crippen LogP) is 1.20. The largest absolute Gasteiger partial charge is 0.481 e. The van der Waals surface area contributed by atoms with Crippen molar-refractivity contribution in [2.24, 2.45) is 0 Å². The van der Waals surface area contributed by atoms with Gasteiger partial charge in [0.25, 0.3) is 11.6 Å². The minimum Gasteiger partial charge on any atom is -0.481 e. The molecule has 0 aromatic heterocycles. The molecule has 1 aliphatic rings. The Kier molecular flexibility index (Phi) is 3.92. The molecule has 112 valence electrons. The lowest BCUT2D eigenvalue weighted by molar-refractivity contribution is -0.384. The van der Waals surface area contributed by atoms with Gasteiger partial charge in [-0.1, -0.05) is 0 Å². The Morgan fingerprint density at radius 2 is 2.33 bits per heavy atom. The summed E-state index contributed by atoms with van der Waals surface area (Å²) in [7, 11) is 0. The Balaban J connectivity index is 2.34. The van der Waals surface area contributed by atoms with Gasteiger partial charge in [-0.25, -0.2) is 0 Å². The summed E-state index contributed by atoms with van der Waals surface area (Å²) >= 11 is 0. The van der Waals surface area contributed by atoms with Crippen LogP contribution in [0.4, 0.5) is 17.1 Å². The van der Waals surface area contributed by atoms with Gasteiger partial charge in [-0.2, -0.15) is 0 Å². The Morgan fingerprint density at radius 1 is 1.62 bits per heavy atom. The summed E-state index contributed by atoms with van der Waals surface area (Å²) in [6.07, 6.45) is -0.197. The molecule has 0 spiro atoms. The number of carboxylic acids is 1. The molecule has 1 unspecified atom stereocenters. The van der Waals surface area contributed by atoms with Crippen molar-refractivity contribution in [3.8, 4) is 5.75 Å². The number of aliphatic carboxylic acids is 1. The van der Waals surface area contributed by atoms with Crippen molar-refractivity contribution in [2.45, 2.75) is 19.4 Å². The van der Waals surface area contributed by atoms with Crippen LogP contribution < -0.4 is 15.4 Å². The summed E-state index contributed by atoms with van der Waals surface area (Å²) in [5, 5.41) is 25.1. The zero-order valence-corrected chi connectivity index (χ0v) is 11.1. The lowest BCUT2D eigenvalue weighted by Gasteiger charge is -2.20. The van der Waals surface area contributed by atoms with Crippen LogP contribution >= 0.6 is 0 Å². The fourth-order valence-electron chi connectivity index (χ4n) is 1.96. The average molecular weight is 295 g/mol. The first-order valence-corrected chi connectivity index (χ1v) is 6.10. The van der Waals surface area contributed by atoms with Crippen LogP contribution in [0, 0.1) is 10.1 Å². The first-order valence-electron chi connectivity index (χ1n) is 6.10. The highest BCUT2D eigenvalue weighted by molar-refractivity contribution is 5.96. The van der Waals surface area contributed by atoms with Crippen molar-refractivity contribution in [3.63, 3.8) is 0 Å². The summed E-state index contributed by atoms with van der Waals surface area (Å²) in [5.74, 6) is -1.18. The third-order valence-corrected chi connectivity index (χ3v) is 2.81. The molecule has 1 aromatic rings. The van der Waals surface area contributed by atoms with Crippen molar-refractivity contribution >= 4 is 28.9 Å². The van der Waals surface area contributed by atoms with Gasteiger partial charge in [0.2, 0.25) is 0 Å². The highest BCUT2D eigenvalue weighted by Gasteiger charge is 2.24. The normalized spacial score (nSPS) is 14.4. The number of fused-ring (bicyclic) bond motifs is 1. The van der Waals surface area contributed by atoms with E-state index in [1.165, 1.54) is 12.1 Å². The zero-order chi connectivity index (χ0) is 15.6. The summed E-state index contributed by atoms with van der Waals surface area (Å²) in [6.45, 7) is 1.39. The number of amides is 1. The first kappa shape index (κ1) is 14.6. The minimum atomic E-state index is -1.02. The van der Waals surface area contributed by atoms with Crippen LogP contribution in [0.25, 0.3) is 0 Å². The quantitative estimate of drug-likeness (QED) is 0.549. The molecule has 3 N–H and O–H groups in total. The molecule has 0 saturated carbocycles. The van der Waals surface area contributed by atoms with Crippen LogP contribution in [0.1, 0.15) is 13.3 Å². The maximum Gasteiger partial charge on any atom is 0.305 e. The lowest BCUT2D eigenvalue weighted by Crippen LogP contribution is -2.26. The molecule has 9 heteroatoms. The van der Waals surface area contributed by atoms with Crippen LogP contribution in [0.3, 0.4) is 0 Å². The minimum absolute atomic E-state index is 0.123. The number of hydrogen-bond acceptors (Lipinski definition) is 6. The number of anilines is 2. The molecule has 1 aromatic carbocycles. The van der Waals surface area contributed by atoms with Crippen LogP contribution in [0.5, 0.6) is 5.75 Å². The Bertz CT molecular complexity index is 615. The molecule has 1 amide bonds. The van der Waals surface area contributed by atoms with Gasteiger partial charge >= 0.3 is 5.97 Å². The van der Waals surface area contributed by atoms with Gasteiger partial charge in [0.15, 0.2) is 12.4 Å². The van der Waals surface area contributed by atoms with Gasteiger partial charge in [0, 0.05) is 6.04 Å². The third-order valence-electron chi connectivity index (χ3n) is 2.81. The van der Waals surface area contributed by atoms with E-state index in [9.17, 15) is 19.7 Å². The smallest absolute Gasteiger partial charge is 0.305 e. The van der Waals surface area contributed by atoms with Crippen LogP contribution in [-0.2, 0) is 9.59 Å². The maximum absolute atomic E-state index is 11.3. The third kappa shape index (κ3) is 3.38. The topological polar surface area (TPSA) is 131 Å². The second-order valence-corrected chi connectivity index (χ2v) is 4.60. The second-order valence-electron chi connectivity index (χ2n) is 4.60. The van der Waals surface area contributed by atoms with Crippen LogP contribution in [-0.4, -0.2) is 34.6 Å². The van der Waals surface area contributed by atoms with E-state index in [0.717, 1.165) is 0 Å². The van der Waals surface area contributed by atoms with E-state index in [1.54, 1.807) is 6.92 Å². The molecule has 0 saturated heterocycles. The van der Waals surface area contributed by atoms with Crippen LogP contribution in [0.15, 0.2) is 12.1 Å². The molecule has 9 nitrogen and oxygen atoms in total. The molecule has 1 atom stereocenters. The number of nitro benzene ring substituents is 1. The number of carboxylic acid groups (broad SMARTS) is 1. The van der Waals surface area contributed by atoms with Gasteiger partial charge in [-0.3, -0.25) is 19.7 Å². The number of rotatable bonds is 5. The molecule has 0 bridgehead atoms. The lowest BCUT2D eigenvalue weighted by atomic mass is 10.1. The van der Waals surface area contributed by atoms with Crippen molar-refractivity contribution < 1.29 is 24.4 Å². The van der Waals surface area contributed by atoms with Crippen molar-refractivity contribution in [3.05, 3.63) is 22.2 Å². The summed E-state index contributed by atoms with van der Waals surface area (Å²) in [4.78, 5) is 32.4. The van der Waals surface area contributed by atoms with Gasteiger partial charge in [0.1, 0.15) is 5.69 Å². The number of carbonyl (C=O) groups is 2. The molecule has 1 aliphatic heterocycles. The van der Waals surface area contributed by atoms with E-state index in [4.69, 9.17) is 9.84 Å². The molecule has 0 radical (unpaired) electrons. The van der Waals surface area contributed by atoms with Crippen molar-refractivity contribution in [2.75, 3.05) is 17.2 Å². The molecule has 2 rings (SSSR count). The maximum atomic E-state index is 11.3. The Labute approximate surface area is 119 Å². The van der Waals surface area contributed by atoms with Crippen LogP contribution in [0.2, 0.25) is 0 Å². The van der Waals surface area contributed by atoms with Gasteiger partial charge in [-0.05, 0) is 13.0 Å². The molecular formula is C12H13N3O6. The standard InChI is InChI=1S/C12H13N3O6/c1-6(2-12(17)18)13-7-3-8-10(4-9(7)15(19)20)21-5-11(16)14-8/h3-4,6,13H,2,5H2,1H3,(H,14,16)(H,17,18). The van der Waals surface area contributed by atoms with E-state index >= 15 is 0 Å².